The highest BCUT2D eigenvalue weighted by molar-refractivity contribution is 7.99. The Morgan fingerprint density at radius 2 is 1.66 bits per heavy atom. The van der Waals surface area contributed by atoms with Gasteiger partial charge in [0.15, 0.2) is 11.0 Å². The number of carbonyl (C=O) groups excluding carboxylic acids is 1. The standard InChI is InChI=1S/C28H24ClN5O3S/c1-17(2)22-6-4-5-7-23(22)34-25(18-10-14-21(36-3)15-11-18)30-33-28(34)38-16-24(35)27-32-31-26(37-27)19-8-12-20(29)13-9-19/h4-15,17H,16H2,1-3H3. The third kappa shape index (κ3) is 5.34. The number of ketones is 1. The molecule has 5 aromatic rings. The number of Topliss-reactive ketones (excluding diaryl/α,β-unsaturated/α-hetero) is 1. The molecule has 0 radical (unpaired) electrons. The fourth-order valence-electron chi connectivity index (χ4n) is 3.92. The molecule has 0 atom stereocenters. The summed E-state index contributed by atoms with van der Waals surface area (Å²) in [7, 11) is 1.63. The van der Waals surface area contributed by atoms with Gasteiger partial charge in [-0.3, -0.25) is 9.36 Å². The van der Waals surface area contributed by atoms with E-state index in [4.69, 9.17) is 20.8 Å². The molecule has 0 N–H and O–H groups in total. The highest BCUT2D eigenvalue weighted by atomic mass is 35.5. The van der Waals surface area contributed by atoms with Gasteiger partial charge in [0.05, 0.1) is 18.6 Å². The normalized spacial score (nSPS) is 11.2. The SMILES string of the molecule is COc1ccc(-c2nnc(SCC(=O)c3nnc(-c4ccc(Cl)cc4)o3)n2-c2ccccc2C(C)C)cc1. The van der Waals surface area contributed by atoms with Crippen molar-refractivity contribution in [1.29, 1.82) is 0 Å². The van der Waals surface area contributed by atoms with Crippen LogP contribution in [0.25, 0.3) is 28.5 Å². The summed E-state index contributed by atoms with van der Waals surface area (Å²) in [6.45, 7) is 4.28. The highest BCUT2D eigenvalue weighted by Crippen LogP contribution is 2.33. The van der Waals surface area contributed by atoms with Crippen molar-refractivity contribution in [1.82, 2.24) is 25.0 Å². The molecule has 10 heteroatoms. The van der Waals surface area contributed by atoms with Crippen LogP contribution in [0.15, 0.2) is 82.4 Å². The molecule has 0 spiro atoms. The first-order valence-corrected chi connectivity index (χ1v) is 13.3. The first-order valence-electron chi connectivity index (χ1n) is 11.9. The van der Waals surface area contributed by atoms with Crippen LogP contribution in [-0.2, 0) is 0 Å². The number of thioether (sulfide) groups is 1. The zero-order chi connectivity index (χ0) is 26.6. The number of hydrogen-bond acceptors (Lipinski definition) is 8. The van der Waals surface area contributed by atoms with Crippen LogP contribution in [0.1, 0.15) is 36.0 Å². The number of methoxy groups -OCH3 is 1. The van der Waals surface area contributed by atoms with Gasteiger partial charge in [-0.15, -0.1) is 20.4 Å². The van der Waals surface area contributed by atoms with Gasteiger partial charge in [0.25, 0.3) is 5.89 Å². The van der Waals surface area contributed by atoms with Gasteiger partial charge in [-0.2, -0.15) is 0 Å². The average Bonchev–Trinajstić information content (AvgIpc) is 3.60. The molecule has 0 aliphatic carbocycles. The summed E-state index contributed by atoms with van der Waals surface area (Å²) in [5.41, 5.74) is 3.65. The number of rotatable bonds is 9. The molecule has 0 saturated carbocycles. The zero-order valence-electron chi connectivity index (χ0n) is 21.0. The van der Waals surface area contributed by atoms with E-state index in [0.29, 0.717) is 21.6 Å². The van der Waals surface area contributed by atoms with E-state index < -0.39 is 0 Å². The molecule has 0 aliphatic rings. The maximum Gasteiger partial charge on any atom is 0.285 e. The molecule has 0 saturated heterocycles. The molecule has 0 aliphatic heterocycles. The van der Waals surface area contributed by atoms with Crippen LogP contribution in [0.3, 0.4) is 0 Å². The van der Waals surface area contributed by atoms with Crippen molar-refractivity contribution >= 4 is 29.1 Å². The summed E-state index contributed by atoms with van der Waals surface area (Å²) in [4.78, 5) is 13.0. The number of carbonyl (C=O) groups is 1. The molecule has 2 aromatic heterocycles. The summed E-state index contributed by atoms with van der Waals surface area (Å²) in [5, 5.41) is 18.1. The van der Waals surface area contributed by atoms with Crippen molar-refractivity contribution in [3.05, 3.63) is 89.3 Å². The minimum Gasteiger partial charge on any atom is -0.497 e. The Morgan fingerprint density at radius 3 is 2.37 bits per heavy atom. The lowest BCUT2D eigenvalue weighted by atomic mass is 10.0. The van der Waals surface area contributed by atoms with Gasteiger partial charge in [-0.25, -0.2) is 0 Å². The molecular formula is C28H24ClN5O3S. The van der Waals surface area contributed by atoms with Gasteiger partial charge in [0.2, 0.25) is 11.7 Å². The summed E-state index contributed by atoms with van der Waals surface area (Å²) < 4.78 is 12.9. The second-order valence-electron chi connectivity index (χ2n) is 8.71. The van der Waals surface area contributed by atoms with E-state index in [-0.39, 0.29) is 29.2 Å². The summed E-state index contributed by atoms with van der Waals surface area (Å²) in [6.07, 6.45) is 0. The molecule has 0 amide bonds. The van der Waals surface area contributed by atoms with E-state index in [1.807, 2.05) is 47.0 Å². The predicted octanol–water partition coefficient (Wildman–Crippen LogP) is 6.74. The first kappa shape index (κ1) is 25.7. The van der Waals surface area contributed by atoms with Gasteiger partial charge in [0, 0.05) is 16.1 Å². The van der Waals surface area contributed by atoms with Crippen LogP contribution in [0.5, 0.6) is 5.75 Å². The smallest absolute Gasteiger partial charge is 0.285 e. The highest BCUT2D eigenvalue weighted by Gasteiger charge is 2.22. The lowest BCUT2D eigenvalue weighted by molar-refractivity contribution is 0.0986. The van der Waals surface area contributed by atoms with Crippen molar-refractivity contribution in [3.8, 4) is 34.3 Å². The predicted molar refractivity (Wildman–Crippen MR) is 147 cm³/mol. The number of benzene rings is 3. The average molecular weight is 546 g/mol. The first-order chi connectivity index (χ1) is 18.4. The van der Waals surface area contributed by atoms with Crippen molar-refractivity contribution in [2.24, 2.45) is 0 Å². The molecule has 192 valence electrons. The second kappa shape index (κ2) is 11.2. The fraction of sp³-hybridized carbons (Fsp3) is 0.179. The van der Waals surface area contributed by atoms with Crippen molar-refractivity contribution in [2.45, 2.75) is 24.9 Å². The minimum absolute atomic E-state index is 0.0485. The maximum absolute atomic E-state index is 13.0. The van der Waals surface area contributed by atoms with Crippen molar-refractivity contribution < 1.29 is 13.9 Å². The Hall–Kier alpha value is -3.95. The number of nitrogens with zero attached hydrogens (tertiary/aromatic N) is 5. The largest absolute Gasteiger partial charge is 0.497 e. The number of halogens is 1. The van der Waals surface area contributed by atoms with Crippen molar-refractivity contribution in [2.75, 3.05) is 12.9 Å². The number of ether oxygens (including phenoxy) is 1. The number of hydrogen-bond donors (Lipinski definition) is 0. The van der Waals surface area contributed by atoms with Crippen LogP contribution in [0.4, 0.5) is 0 Å². The van der Waals surface area contributed by atoms with Crippen LogP contribution < -0.4 is 4.74 Å². The zero-order valence-corrected chi connectivity index (χ0v) is 22.5. The van der Waals surface area contributed by atoms with Crippen LogP contribution in [0.2, 0.25) is 5.02 Å². The fourth-order valence-corrected chi connectivity index (χ4v) is 4.85. The third-order valence-corrected chi connectivity index (χ3v) is 7.05. The monoisotopic (exact) mass is 545 g/mol. The van der Waals surface area contributed by atoms with Gasteiger partial charge < -0.3 is 9.15 Å². The molecule has 2 heterocycles. The molecule has 3 aromatic carbocycles. The summed E-state index contributed by atoms with van der Waals surface area (Å²) in [6, 6.07) is 22.7. The lowest BCUT2D eigenvalue weighted by Gasteiger charge is -2.17. The van der Waals surface area contributed by atoms with Crippen LogP contribution in [0, 0.1) is 0 Å². The minimum atomic E-state index is -0.305. The number of aromatic nitrogens is 5. The van der Waals surface area contributed by atoms with Crippen LogP contribution >= 0.6 is 23.4 Å². The van der Waals surface area contributed by atoms with E-state index in [0.717, 1.165) is 22.6 Å². The van der Waals surface area contributed by atoms with E-state index in [2.05, 4.69) is 40.3 Å². The van der Waals surface area contributed by atoms with Gasteiger partial charge in [-0.1, -0.05) is 55.4 Å². The van der Waals surface area contributed by atoms with Crippen LogP contribution in [-0.4, -0.2) is 43.6 Å². The topological polar surface area (TPSA) is 95.9 Å². The Balaban J connectivity index is 1.45. The Labute approximate surface area is 229 Å². The lowest BCUT2D eigenvalue weighted by Crippen LogP contribution is -2.07. The Kier molecular flexibility index (Phi) is 7.57. The van der Waals surface area contributed by atoms with Gasteiger partial charge in [-0.05, 0) is 66.1 Å². The Bertz CT molecular complexity index is 1560. The number of para-hydroxylation sites is 1. The Morgan fingerprint density at radius 1 is 0.947 bits per heavy atom. The molecule has 5 rings (SSSR count). The quantitative estimate of drug-likeness (QED) is 0.148. The summed E-state index contributed by atoms with van der Waals surface area (Å²) in [5.74, 6) is 1.62. The third-order valence-electron chi connectivity index (χ3n) is 5.87. The van der Waals surface area contributed by atoms with E-state index >= 15 is 0 Å². The van der Waals surface area contributed by atoms with Crippen molar-refractivity contribution in [3.63, 3.8) is 0 Å². The molecule has 8 nitrogen and oxygen atoms in total. The summed E-state index contributed by atoms with van der Waals surface area (Å²) >= 11 is 7.22. The van der Waals surface area contributed by atoms with E-state index in [1.165, 1.54) is 11.8 Å². The maximum atomic E-state index is 13.0. The van der Waals surface area contributed by atoms with Gasteiger partial charge in [0.1, 0.15) is 5.75 Å². The molecule has 0 fully saturated rings. The van der Waals surface area contributed by atoms with Gasteiger partial charge >= 0.3 is 0 Å². The van der Waals surface area contributed by atoms with E-state index in [9.17, 15) is 4.79 Å². The second-order valence-corrected chi connectivity index (χ2v) is 10.1. The van der Waals surface area contributed by atoms with E-state index in [1.54, 1.807) is 31.4 Å². The molecule has 0 unspecified atom stereocenters. The molecular weight excluding hydrogens is 522 g/mol. The molecule has 38 heavy (non-hydrogen) atoms. The molecule has 0 bridgehead atoms.